The van der Waals surface area contributed by atoms with Gasteiger partial charge in [0.2, 0.25) is 5.78 Å². The molecule has 0 aromatic heterocycles. The molecular weight excluding hydrogens is 538 g/mol. The van der Waals surface area contributed by atoms with Crippen molar-refractivity contribution in [1.29, 1.82) is 0 Å². The number of rotatable bonds is 4. The number of piperazine rings is 1. The second-order valence-corrected chi connectivity index (χ2v) is 12.5. The molecule has 10 heteroatoms. The van der Waals surface area contributed by atoms with E-state index in [9.17, 15) is 34.8 Å². The van der Waals surface area contributed by atoms with Gasteiger partial charge in [-0.25, -0.2) is 0 Å². The molecule has 3 aliphatic carbocycles. The van der Waals surface area contributed by atoms with Crippen molar-refractivity contribution in [3.63, 3.8) is 0 Å². The van der Waals surface area contributed by atoms with E-state index in [1.54, 1.807) is 19.0 Å². The Labute approximate surface area is 244 Å². The molecule has 4 atom stereocenters. The molecule has 0 spiro atoms. The van der Waals surface area contributed by atoms with Crippen molar-refractivity contribution in [3.8, 4) is 5.75 Å². The molecule has 4 aliphatic rings. The lowest BCUT2D eigenvalue weighted by atomic mass is 9.57. The highest BCUT2D eigenvalue weighted by molar-refractivity contribution is 6.25. The van der Waals surface area contributed by atoms with E-state index in [0.29, 0.717) is 10.9 Å². The number of carbonyl (C=O) groups is 3. The summed E-state index contributed by atoms with van der Waals surface area (Å²) in [4.78, 5) is 45.9. The molecular formula is C32H37N3O7. The van der Waals surface area contributed by atoms with E-state index in [1.807, 2.05) is 24.3 Å². The SMILES string of the molecule is CC(=O)C1=C(O)[C@@]2(O)C(=O)C3=C(O)c4c(cc5ccc(CN6CCN(C)CC6)cc5c4O)C[C@H]3C[C@H]2[C@H](N(C)C)C1=O. The minimum atomic E-state index is -2.57. The third-order valence-electron chi connectivity index (χ3n) is 9.70. The average molecular weight is 576 g/mol. The summed E-state index contributed by atoms with van der Waals surface area (Å²) in [7, 11) is 5.34. The molecule has 1 heterocycles. The lowest BCUT2D eigenvalue weighted by molar-refractivity contribution is -0.153. The van der Waals surface area contributed by atoms with Crippen LogP contribution < -0.4 is 0 Å². The van der Waals surface area contributed by atoms with E-state index in [0.717, 1.165) is 50.6 Å². The van der Waals surface area contributed by atoms with Gasteiger partial charge < -0.3 is 25.3 Å². The molecule has 0 radical (unpaired) electrons. The van der Waals surface area contributed by atoms with Crippen LogP contribution in [0.5, 0.6) is 5.75 Å². The van der Waals surface area contributed by atoms with Crippen LogP contribution in [0.2, 0.25) is 0 Å². The molecule has 2 fully saturated rings. The summed E-state index contributed by atoms with van der Waals surface area (Å²) in [5.41, 5.74) is -1.47. The van der Waals surface area contributed by atoms with Gasteiger partial charge in [0.1, 0.15) is 22.8 Å². The zero-order valence-electron chi connectivity index (χ0n) is 24.3. The number of hydrogen-bond donors (Lipinski definition) is 4. The molecule has 1 saturated carbocycles. The number of Topliss-reactive ketones (excluding diaryl/α,β-unsaturated/α-hetero) is 3. The van der Waals surface area contributed by atoms with Crippen molar-refractivity contribution in [2.75, 3.05) is 47.3 Å². The largest absolute Gasteiger partial charge is 0.508 e. The number of aromatic hydroxyl groups is 1. The number of aliphatic hydroxyl groups excluding tert-OH is 2. The molecule has 4 N–H and O–H groups in total. The van der Waals surface area contributed by atoms with Gasteiger partial charge >= 0.3 is 0 Å². The van der Waals surface area contributed by atoms with Crippen molar-refractivity contribution in [1.82, 2.24) is 14.7 Å². The lowest BCUT2D eigenvalue weighted by Crippen LogP contribution is -2.65. The number of fused-ring (bicyclic) bond motifs is 4. The molecule has 2 aromatic rings. The fourth-order valence-corrected chi connectivity index (χ4v) is 7.52. The summed E-state index contributed by atoms with van der Waals surface area (Å²) < 4.78 is 0. The second-order valence-electron chi connectivity index (χ2n) is 12.5. The zero-order valence-corrected chi connectivity index (χ0v) is 24.3. The maximum Gasteiger partial charge on any atom is 0.202 e. The summed E-state index contributed by atoms with van der Waals surface area (Å²) in [6.07, 6.45) is 0.394. The van der Waals surface area contributed by atoms with Crippen LogP contribution in [0.25, 0.3) is 16.5 Å². The van der Waals surface area contributed by atoms with E-state index < -0.39 is 57.9 Å². The van der Waals surface area contributed by atoms with Crippen LogP contribution in [0.1, 0.15) is 30.0 Å². The second kappa shape index (κ2) is 10.0. The van der Waals surface area contributed by atoms with Crippen molar-refractivity contribution in [2.24, 2.45) is 11.8 Å². The normalized spacial score (nSPS) is 28.8. The molecule has 0 bridgehead atoms. The topological polar surface area (TPSA) is 142 Å². The predicted octanol–water partition coefficient (Wildman–Crippen LogP) is 1.97. The van der Waals surface area contributed by atoms with Crippen LogP contribution in [0.15, 0.2) is 41.2 Å². The summed E-state index contributed by atoms with van der Waals surface area (Å²) in [5.74, 6) is -5.51. The third-order valence-corrected chi connectivity index (χ3v) is 9.70. The summed E-state index contributed by atoms with van der Waals surface area (Å²) in [5, 5.41) is 47.3. The van der Waals surface area contributed by atoms with E-state index in [2.05, 4.69) is 16.8 Å². The van der Waals surface area contributed by atoms with Gasteiger partial charge in [0.15, 0.2) is 17.2 Å². The Balaban J connectivity index is 1.45. The standard InChI is InChI=1S/C32H37N3O7/c1-16(36)23-29(39)26(33(2)3)22-14-20-13-19-12-18-6-5-17(15-35-9-7-34(4)8-10-35)11-21(18)27(37)24(19)28(38)25(20)31(41)32(22,42)30(23)40/h5-6,11-12,20,22,26,37-38,40,42H,7-10,13-15H2,1-4H3/t20-,22-,26-,32+/m0/s1. The highest BCUT2D eigenvalue weighted by Gasteiger charge is 2.64. The van der Waals surface area contributed by atoms with E-state index in [-0.39, 0.29) is 29.7 Å². The maximum absolute atomic E-state index is 14.1. The van der Waals surface area contributed by atoms with Gasteiger partial charge in [0, 0.05) is 49.6 Å². The summed E-state index contributed by atoms with van der Waals surface area (Å²) in [6, 6.07) is 6.78. The Morgan fingerprint density at radius 1 is 1.07 bits per heavy atom. The minimum absolute atomic E-state index is 0.105. The fourth-order valence-electron chi connectivity index (χ4n) is 7.52. The van der Waals surface area contributed by atoms with Gasteiger partial charge in [0.05, 0.1) is 11.6 Å². The minimum Gasteiger partial charge on any atom is -0.508 e. The number of phenolic OH excluding ortho intramolecular Hbond substituents is 1. The van der Waals surface area contributed by atoms with Gasteiger partial charge in [-0.1, -0.05) is 18.2 Å². The number of aliphatic hydroxyl groups is 3. The quantitative estimate of drug-likeness (QED) is 0.400. The Hall–Kier alpha value is -3.57. The number of ketones is 3. The molecule has 6 rings (SSSR count). The van der Waals surface area contributed by atoms with Crippen molar-refractivity contribution in [3.05, 3.63) is 57.9 Å². The highest BCUT2D eigenvalue weighted by Crippen LogP contribution is 2.53. The van der Waals surface area contributed by atoms with E-state index in [4.69, 9.17) is 0 Å². The van der Waals surface area contributed by atoms with Gasteiger partial charge in [-0.05, 0) is 69.4 Å². The molecule has 10 nitrogen and oxygen atoms in total. The van der Waals surface area contributed by atoms with Crippen LogP contribution in [0.3, 0.4) is 0 Å². The first kappa shape index (κ1) is 28.5. The van der Waals surface area contributed by atoms with Gasteiger partial charge in [-0.15, -0.1) is 0 Å². The van der Waals surface area contributed by atoms with Gasteiger partial charge in [-0.2, -0.15) is 0 Å². The Morgan fingerprint density at radius 3 is 2.40 bits per heavy atom. The number of carbonyl (C=O) groups excluding carboxylic acids is 3. The van der Waals surface area contributed by atoms with E-state index >= 15 is 0 Å². The van der Waals surface area contributed by atoms with Crippen LogP contribution in [-0.4, -0.2) is 111 Å². The van der Waals surface area contributed by atoms with Gasteiger partial charge in [-0.3, -0.25) is 24.2 Å². The number of hydrogen-bond acceptors (Lipinski definition) is 10. The van der Waals surface area contributed by atoms with Crippen LogP contribution in [0.4, 0.5) is 0 Å². The molecule has 0 unspecified atom stereocenters. The zero-order chi connectivity index (χ0) is 30.2. The van der Waals surface area contributed by atoms with E-state index in [1.165, 1.54) is 0 Å². The number of likely N-dealkylation sites (N-methyl/N-ethyl adjacent to an activating group) is 2. The number of nitrogens with zero attached hydrogens (tertiary/aromatic N) is 3. The van der Waals surface area contributed by atoms with Crippen LogP contribution in [0, 0.1) is 11.8 Å². The monoisotopic (exact) mass is 575 g/mol. The summed E-state index contributed by atoms with van der Waals surface area (Å²) in [6.45, 7) is 5.68. The van der Waals surface area contributed by atoms with Crippen molar-refractivity contribution >= 4 is 33.9 Å². The summed E-state index contributed by atoms with van der Waals surface area (Å²) >= 11 is 0. The molecule has 222 valence electrons. The molecule has 1 aliphatic heterocycles. The highest BCUT2D eigenvalue weighted by atomic mass is 16.3. The first-order chi connectivity index (χ1) is 19.8. The molecule has 1 saturated heterocycles. The predicted molar refractivity (Wildman–Crippen MR) is 156 cm³/mol. The maximum atomic E-state index is 14.1. The molecule has 0 amide bonds. The first-order valence-electron chi connectivity index (χ1n) is 14.4. The third kappa shape index (κ3) is 4.11. The van der Waals surface area contributed by atoms with Crippen molar-refractivity contribution < 1.29 is 34.8 Å². The lowest BCUT2D eigenvalue weighted by Gasteiger charge is -2.50. The molecule has 42 heavy (non-hydrogen) atoms. The Morgan fingerprint density at radius 2 is 1.76 bits per heavy atom. The Bertz CT molecular complexity index is 1600. The van der Waals surface area contributed by atoms with Gasteiger partial charge in [0.25, 0.3) is 0 Å². The molecule has 2 aromatic carbocycles. The fraction of sp³-hybridized carbons (Fsp3) is 0.469. The first-order valence-corrected chi connectivity index (χ1v) is 14.4. The average Bonchev–Trinajstić information content (AvgIpc) is 2.92. The van der Waals surface area contributed by atoms with Crippen molar-refractivity contribution in [2.45, 2.75) is 38.0 Å². The Kier molecular flexibility index (Phi) is 6.81. The van der Waals surface area contributed by atoms with Crippen LogP contribution in [-0.2, 0) is 27.3 Å². The number of phenols is 1. The smallest absolute Gasteiger partial charge is 0.202 e. The van der Waals surface area contributed by atoms with Crippen LogP contribution >= 0.6 is 0 Å². The number of benzene rings is 2.